The second-order valence-electron chi connectivity index (χ2n) is 3.04. The topological polar surface area (TPSA) is 54.4 Å². The maximum Gasteiger partial charge on any atom is 0.176 e. The van der Waals surface area contributed by atoms with Crippen LogP contribution in [-0.2, 0) is 16.4 Å². The van der Waals surface area contributed by atoms with E-state index in [9.17, 15) is 8.42 Å². The lowest BCUT2D eigenvalue weighted by atomic mass is 10.2. The van der Waals surface area contributed by atoms with Crippen LogP contribution in [0, 0.1) is 0 Å². The Morgan fingerprint density at radius 2 is 2.07 bits per heavy atom. The van der Waals surface area contributed by atoms with E-state index in [2.05, 4.69) is 15.9 Å². The van der Waals surface area contributed by atoms with Crippen molar-refractivity contribution in [2.45, 2.75) is 16.4 Å². The predicted octanol–water partition coefficient (Wildman–Crippen LogP) is 2.07. The van der Waals surface area contributed by atoms with Crippen LogP contribution < -0.4 is 0 Å². The number of hydrogen-bond donors (Lipinski definition) is 1. The van der Waals surface area contributed by atoms with E-state index in [1.807, 2.05) is 6.26 Å². The molecule has 1 aromatic carbocycles. The fourth-order valence-electron chi connectivity index (χ4n) is 1.19. The standard InChI is InChI=1S/C9H11BrO3S2/c1-14-9-7(10)3-6(5-11)4-8(9)15(2,12)13/h3-4,11H,5H2,1-2H3. The van der Waals surface area contributed by atoms with Crippen LogP contribution >= 0.6 is 27.7 Å². The first-order valence-electron chi connectivity index (χ1n) is 4.07. The third-order valence-electron chi connectivity index (χ3n) is 1.86. The molecular weight excluding hydrogens is 300 g/mol. The normalized spacial score (nSPS) is 11.7. The van der Waals surface area contributed by atoms with Crippen LogP contribution in [0.4, 0.5) is 0 Å². The van der Waals surface area contributed by atoms with Gasteiger partial charge in [-0.2, -0.15) is 0 Å². The van der Waals surface area contributed by atoms with Crippen LogP contribution in [-0.4, -0.2) is 26.0 Å². The summed E-state index contributed by atoms with van der Waals surface area (Å²) in [6, 6.07) is 3.23. The van der Waals surface area contributed by atoms with Crippen LogP contribution in [0.2, 0.25) is 0 Å². The molecule has 0 saturated heterocycles. The molecule has 84 valence electrons. The number of hydrogen-bond acceptors (Lipinski definition) is 4. The maximum absolute atomic E-state index is 11.5. The molecule has 0 aliphatic carbocycles. The van der Waals surface area contributed by atoms with Gasteiger partial charge in [0.25, 0.3) is 0 Å². The molecule has 0 amide bonds. The molecule has 1 rings (SSSR count). The largest absolute Gasteiger partial charge is 0.392 e. The van der Waals surface area contributed by atoms with Crippen LogP contribution in [0.15, 0.2) is 26.4 Å². The number of thioether (sulfide) groups is 1. The van der Waals surface area contributed by atoms with Gasteiger partial charge in [0, 0.05) is 15.6 Å². The molecule has 0 radical (unpaired) electrons. The van der Waals surface area contributed by atoms with Crippen molar-refractivity contribution in [3.63, 3.8) is 0 Å². The molecule has 0 fully saturated rings. The smallest absolute Gasteiger partial charge is 0.176 e. The molecule has 1 aromatic rings. The molecule has 0 unspecified atom stereocenters. The summed E-state index contributed by atoms with van der Waals surface area (Å²) < 4.78 is 23.7. The SMILES string of the molecule is CSc1c(Br)cc(CO)cc1S(C)(=O)=O. The number of halogens is 1. The van der Waals surface area contributed by atoms with Crippen LogP contribution in [0.1, 0.15) is 5.56 Å². The second-order valence-corrected chi connectivity index (χ2v) is 6.69. The molecule has 15 heavy (non-hydrogen) atoms. The Labute approximate surface area is 102 Å². The predicted molar refractivity (Wildman–Crippen MR) is 65.0 cm³/mol. The molecule has 1 N–H and O–H groups in total. The molecule has 0 bridgehead atoms. The lowest BCUT2D eigenvalue weighted by molar-refractivity contribution is 0.281. The first-order valence-corrected chi connectivity index (χ1v) is 7.98. The van der Waals surface area contributed by atoms with Crippen LogP contribution in [0.3, 0.4) is 0 Å². The number of sulfone groups is 1. The van der Waals surface area contributed by atoms with Crippen molar-refractivity contribution in [2.24, 2.45) is 0 Å². The number of aliphatic hydroxyl groups is 1. The van der Waals surface area contributed by atoms with Crippen molar-refractivity contribution >= 4 is 37.5 Å². The summed E-state index contributed by atoms with van der Waals surface area (Å²) in [6.45, 7) is -0.171. The first-order chi connectivity index (χ1) is 6.90. The average Bonchev–Trinajstić information content (AvgIpc) is 2.15. The average molecular weight is 311 g/mol. The van der Waals surface area contributed by atoms with Gasteiger partial charge in [0.1, 0.15) is 0 Å². The molecule has 0 spiro atoms. The van der Waals surface area contributed by atoms with E-state index in [0.29, 0.717) is 14.9 Å². The van der Waals surface area contributed by atoms with Gasteiger partial charge in [0.15, 0.2) is 9.84 Å². The van der Waals surface area contributed by atoms with Gasteiger partial charge in [0.2, 0.25) is 0 Å². The van der Waals surface area contributed by atoms with Gasteiger partial charge in [-0.1, -0.05) is 0 Å². The highest BCUT2D eigenvalue weighted by Crippen LogP contribution is 2.33. The van der Waals surface area contributed by atoms with Crippen LogP contribution in [0.25, 0.3) is 0 Å². The lowest BCUT2D eigenvalue weighted by Gasteiger charge is -2.09. The number of rotatable bonds is 3. The highest BCUT2D eigenvalue weighted by molar-refractivity contribution is 9.10. The van der Waals surface area contributed by atoms with Gasteiger partial charge < -0.3 is 5.11 Å². The zero-order valence-electron chi connectivity index (χ0n) is 8.32. The van der Waals surface area contributed by atoms with E-state index < -0.39 is 9.84 Å². The van der Waals surface area contributed by atoms with Crippen LogP contribution in [0.5, 0.6) is 0 Å². The minimum Gasteiger partial charge on any atom is -0.392 e. The second kappa shape index (κ2) is 4.86. The summed E-state index contributed by atoms with van der Waals surface area (Å²) in [5, 5.41) is 8.99. The Balaban J connectivity index is 3.53. The Morgan fingerprint density at radius 3 is 2.47 bits per heavy atom. The van der Waals surface area contributed by atoms with E-state index >= 15 is 0 Å². The fourth-order valence-corrected chi connectivity index (χ4v) is 4.34. The van der Waals surface area contributed by atoms with E-state index in [1.54, 1.807) is 6.07 Å². The van der Waals surface area contributed by atoms with E-state index in [-0.39, 0.29) is 11.5 Å². The lowest BCUT2D eigenvalue weighted by Crippen LogP contribution is -2.01. The zero-order valence-corrected chi connectivity index (χ0v) is 11.5. The van der Waals surface area contributed by atoms with Gasteiger partial charge in [-0.05, 0) is 39.9 Å². The number of aliphatic hydroxyl groups excluding tert-OH is 1. The van der Waals surface area contributed by atoms with Crippen molar-refractivity contribution in [1.29, 1.82) is 0 Å². The highest BCUT2D eigenvalue weighted by atomic mass is 79.9. The number of benzene rings is 1. The molecule has 0 aromatic heterocycles. The Kier molecular flexibility index (Phi) is 4.22. The molecular formula is C9H11BrO3S2. The third-order valence-corrected chi connectivity index (χ3v) is 4.84. The minimum atomic E-state index is -3.26. The fraction of sp³-hybridized carbons (Fsp3) is 0.333. The van der Waals surface area contributed by atoms with Crippen molar-refractivity contribution in [1.82, 2.24) is 0 Å². The molecule has 0 heterocycles. The Bertz CT molecular complexity index is 468. The third kappa shape index (κ3) is 2.96. The molecule has 0 atom stereocenters. The molecule has 3 nitrogen and oxygen atoms in total. The molecule has 0 aliphatic rings. The van der Waals surface area contributed by atoms with Gasteiger partial charge in [0.05, 0.1) is 11.5 Å². The van der Waals surface area contributed by atoms with E-state index in [4.69, 9.17) is 5.11 Å². The van der Waals surface area contributed by atoms with Crippen molar-refractivity contribution in [3.05, 3.63) is 22.2 Å². The molecule has 0 aliphatic heterocycles. The highest BCUT2D eigenvalue weighted by Gasteiger charge is 2.16. The van der Waals surface area contributed by atoms with E-state index in [0.717, 1.165) is 6.26 Å². The van der Waals surface area contributed by atoms with Gasteiger partial charge in [-0.3, -0.25) is 0 Å². The van der Waals surface area contributed by atoms with Crippen molar-refractivity contribution in [3.8, 4) is 0 Å². The molecule has 0 saturated carbocycles. The maximum atomic E-state index is 11.5. The van der Waals surface area contributed by atoms with Crippen molar-refractivity contribution in [2.75, 3.05) is 12.5 Å². The Morgan fingerprint density at radius 1 is 1.47 bits per heavy atom. The van der Waals surface area contributed by atoms with Crippen molar-refractivity contribution < 1.29 is 13.5 Å². The first kappa shape index (κ1) is 13.0. The summed E-state index contributed by atoms with van der Waals surface area (Å²) in [4.78, 5) is 0.933. The summed E-state index contributed by atoms with van der Waals surface area (Å²) in [6.07, 6.45) is 2.98. The zero-order chi connectivity index (χ0) is 11.6. The van der Waals surface area contributed by atoms with E-state index in [1.165, 1.54) is 17.8 Å². The summed E-state index contributed by atoms with van der Waals surface area (Å²) in [5.41, 5.74) is 0.583. The Hall–Kier alpha value is -0.0400. The quantitative estimate of drug-likeness (QED) is 0.868. The van der Waals surface area contributed by atoms with Gasteiger partial charge >= 0.3 is 0 Å². The van der Waals surface area contributed by atoms with Gasteiger partial charge in [-0.25, -0.2) is 8.42 Å². The minimum absolute atomic E-state index is 0.171. The summed E-state index contributed by atoms with van der Waals surface area (Å²) in [7, 11) is -3.26. The van der Waals surface area contributed by atoms with Gasteiger partial charge in [-0.15, -0.1) is 11.8 Å². The molecule has 6 heteroatoms. The summed E-state index contributed by atoms with van der Waals surface area (Å²) >= 11 is 4.66. The summed E-state index contributed by atoms with van der Waals surface area (Å²) in [5.74, 6) is 0. The monoisotopic (exact) mass is 310 g/mol.